The van der Waals surface area contributed by atoms with Gasteiger partial charge in [0.25, 0.3) is 0 Å². The van der Waals surface area contributed by atoms with Gasteiger partial charge < -0.3 is 12.9 Å². The molecule has 1 aromatic rings. The predicted octanol–water partition coefficient (Wildman–Crippen LogP) is 3.06. The van der Waals surface area contributed by atoms with Crippen molar-refractivity contribution in [2.24, 2.45) is 0 Å². The zero-order chi connectivity index (χ0) is 11.1. The van der Waals surface area contributed by atoms with Gasteiger partial charge in [0.2, 0.25) is 0 Å². The molecule has 1 heterocycles. The molecule has 1 nitrogen and oxygen atoms in total. The summed E-state index contributed by atoms with van der Waals surface area (Å²) in [6.45, 7) is -2.79. The van der Waals surface area contributed by atoms with Crippen molar-refractivity contribution in [1.29, 1.82) is 0 Å². The van der Waals surface area contributed by atoms with Crippen LogP contribution in [0.2, 0.25) is 0 Å². The monoisotopic (exact) mass is 214 g/mol. The number of hydrogen-bond acceptors (Lipinski definition) is 1. The van der Waals surface area contributed by atoms with Crippen molar-refractivity contribution in [2.75, 3.05) is 0 Å². The summed E-state index contributed by atoms with van der Waals surface area (Å²) in [5, 5.41) is 0. The highest BCUT2D eigenvalue weighted by atomic mass is 19.4. The minimum atomic E-state index is -4.77. The van der Waals surface area contributed by atoms with Crippen LogP contribution in [0.1, 0.15) is 31.0 Å². The highest BCUT2D eigenvalue weighted by Gasteiger charge is 2.42. The van der Waals surface area contributed by atoms with E-state index >= 15 is 0 Å². The first-order chi connectivity index (χ1) is 6.91. The van der Waals surface area contributed by atoms with Crippen LogP contribution in [0.25, 0.3) is 0 Å². The van der Waals surface area contributed by atoms with Crippen LogP contribution in [0, 0.1) is 0 Å². The first-order valence-corrected chi connectivity index (χ1v) is 5.06. The van der Waals surface area contributed by atoms with Crippen LogP contribution in [0.5, 0.6) is 0 Å². The van der Waals surface area contributed by atoms with Crippen LogP contribution in [0.15, 0.2) is 18.3 Å². The molecule has 1 fully saturated rings. The minimum absolute atomic E-state index is 0.0993. The third-order valence-electron chi connectivity index (χ3n) is 2.91. The highest BCUT2D eigenvalue weighted by molar-refractivity contribution is 6.57. The number of pyridine rings is 1. The molecule has 0 unspecified atom stereocenters. The van der Waals surface area contributed by atoms with Crippen molar-refractivity contribution in [3.8, 4) is 0 Å². The fraction of sp³-hybridized carbons (Fsp3) is 0.500. The van der Waals surface area contributed by atoms with Crippen molar-refractivity contribution < 1.29 is 12.9 Å². The molecule has 2 rings (SSSR count). The Hall–Kier alpha value is -0.995. The molecule has 0 saturated heterocycles. The van der Waals surface area contributed by atoms with Crippen molar-refractivity contribution in [1.82, 2.24) is 4.98 Å². The summed E-state index contributed by atoms with van der Waals surface area (Å²) in [6, 6.07) is 3.12. The average molecular weight is 214 g/mol. The third-order valence-corrected chi connectivity index (χ3v) is 2.91. The van der Waals surface area contributed by atoms with Gasteiger partial charge in [0.15, 0.2) is 0 Å². The maximum Gasteiger partial charge on any atom is 0.482 e. The van der Waals surface area contributed by atoms with Crippen LogP contribution >= 0.6 is 0 Å². The number of halogens is 3. The van der Waals surface area contributed by atoms with Crippen molar-refractivity contribution in [3.05, 3.63) is 29.6 Å². The fourth-order valence-electron chi connectivity index (χ4n) is 1.82. The molecule has 5 heteroatoms. The van der Waals surface area contributed by atoms with Gasteiger partial charge in [-0.05, 0) is 18.9 Å². The summed E-state index contributed by atoms with van der Waals surface area (Å²) in [7, 11) is 0. The molecule has 82 valence electrons. The van der Waals surface area contributed by atoms with Gasteiger partial charge in [-0.2, -0.15) is 0 Å². The smallest absolute Gasteiger partial charge is 0.449 e. The molecule has 0 bridgehead atoms. The van der Waals surface area contributed by atoms with E-state index < -0.39 is 13.3 Å². The topological polar surface area (TPSA) is 12.9 Å². The lowest BCUT2D eigenvalue weighted by atomic mass is 9.79. The van der Waals surface area contributed by atoms with Crippen LogP contribution in [-0.2, 0) is 11.7 Å². The van der Waals surface area contributed by atoms with Gasteiger partial charge in [-0.15, -0.1) is 0 Å². The number of hydrogen-bond donors (Lipinski definition) is 0. The van der Waals surface area contributed by atoms with Gasteiger partial charge in [0.05, 0.1) is 0 Å². The van der Waals surface area contributed by atoms with E-state index in [0.717, 1.165) is 12.8 Å². The fourth-order valence-corrected chi connectivity index (χ4v) is 1.82. The molecule has 15 heavy (non-hydrogen) atoms. The van der Waals surface area contributed by atoms with Gasteiger partial charge >= 0.3 is 6.98 Å². The Morgan fingerprint density at radius 2 is 2.07 bits per heavy atom. The first kappa shape index (κ1) is 10.5. The SMILES string of the molecule is CC1(c2ncccc2C[B-](F)(F)F)CC1. The van der Waals surface area contributed by atoms with E-state index in [1.165, 1.54) is 0 Å². The molecule has 0 spiro atoms. The quantitative estimate of drug-likeness (QED) is 0.704. The van der Waals surface area contributed by atoms with Gasteiger partial charge in [-0.3, -0.25) is 4.98 Å². The second kappa shape index (κ2) is 3.25. The second-order valence-electron chi connectivity index (χ2n) is 4.49. The van der Waals surface area contributed by atoms with Crippen LogP contribution < -0.4 is 0 Å². The van der Waals surface area contributed by atoms with E-state index in [4.69, 9.17) is 0 Å². The number of aromatic nitrogens is 1. The molecule has 0 atom stereocenters. The molecular formula is C10H12BF3N-. The summed E-state index contributed by atoms with van der Waals surface area (Å²) in [6.07, 6.45) is 2.66. The number of nitrogens with zero attached hydrogens (tertiary/aromatic N) is 1. The number of rotatable bonds is 3. The maximum absolute atomic E-state index is 12.4. The van der Waals surface area contributed by atoms with E-state index in [-0.39, 0.29) is 5.41 Å². The summed E-state index contributed by atoms with van der Waals surface area (Å²) in [5.74, 6) is 0. The molecule has 0 N–H and O–H groups in total. The Kier molecular flexibility index (Phi) is 2.28. The van der Waals surface area contributed by atoms with E-state index in [1.54, 1.807) is 18.3 Å². The summed E-state index contributed by atoms with van der Waals surface area (Å²) in [5.41, 5.74) is 0.895. The van der Waals surface area contributed by atoms with Crippen LogP contribution in [-0.4, -0.2) is 12.0 Å². The normalized spacial score (nSPS) is 18.9. The summed E-state index contributed by atoms with van der Waals surface area (Å²) >= 11 is 0. The molecule has 1 aliphatic rings. The highest BCUT2D eigenvalue weighted by Crippen LogP contribution is 2.48. The van der Waals surface area contributed by atoms with Gasteiger partial charge in [0, 0.05) is 17.3 Å². The Morgan fingerprint density at radius 3 is 2.60 bits per heavy atom. The second-order valence-corrected chi connectivity index (χ2v) is 4.49. The lowest BCUT2D eigenvalue weighted by Crippen LogP contribution is -2.22. The standard InChI is InChI=1S/C10H12BF3N/c1-10(4-5-10)9-8(3-2-6-15-9)7-11(12,13)14/h2-3,6H,4-5,7H2,1H3/q-1. The Bertz CT molecular complexity index is 371. The van der Waals surface area contributed by atoms with Crippen molar-refractivity contribution in [3.63, 3.8) is 0 Å². The lowest BCUT2D eigenvalue weighted by molar-refractivity contribution is 0.467. The Morgan fingerprint density at radius 1 is 1.40 bits per heavy atom. The molecule has 1 aliphatic carbocycles. The Balaban J connectivity index is 2.31. The molecule has 0 aliphatic heterocycles. The van der Waals surface area contributed by atoms with E-state index in [2.05, 4.69) is 4.98 Å². The molecule has 0 amide bonds. The molecule has 0 aromatic carbocycles. The molecule has 1 saturated carbocycles. The van der Waals surface area contributed by atoms with Gasteiger partial charge in [-0.25, -0.2) is 0 Å². The van der Waals surface area contributed by atoms with E-state index in [0.29, 0.717) is 11.3 Å². The van der Waals surface area contributed by atoms with E-state index in [9.17, 15) is 12.9 Å². The largest absolute Gasteiger partial charge is 0.482 e. The van der Waals surface area contributed by atoms with Crippen LogP contribution in [0.4, 0.5) is 12.9 Å². The van der Waals surface area contributed by atoms with Crippen LogP contribution in [0.3, 0.4) is 0 Å². The molecule has 0 radical (unpaired) electrons. The van der Waals surface area contributed by atoms with Gasteiger partial charge in [0.1, 0.15) is 0 Å². The zero-order valence-corrected chi connectivity index (χ0v) is 8.51. The lowest BCUT2D eigenvalue weighted by Gasteiger charge is -2.18. The first-order valence-electron chi connectivity index (χ1n) is 5.06. The summed E-state index contributed by atoms with van der Waals surface area (Å²) in [4.78, 5) is 4.11. The van der Waals surface area contributed by atoms with Crippen molar-refractivity contribution in [2.45, 2.75) is 31.5 Å². The average Bonchev–Trinajstić information content (AvgIpc) is 2.83. The predicted molar refractivity (Wildman–Crippen MR) is 53.6 cm³/mol. The van der Waals surface area contributed by atoms with Gasteiger partial charge in [-0.1, -0.05) is 24.9 Å². The third kappa shape index (κ3) is 2.33. The Labute approximate surface area is 86.8 Å². The molecule has 1 aromatic heterocycles. The maximum atomic E-state index is 12.4. The summed E-state index contributed by atoms with van der Waals surface area (Å²) < 4.78 is 37.1. The minimum Gasteiger partial charge on any atom is -0.449 e. The zero-order valence-electron chi connectivity index (χ0n) is 8.51. The van der Waals surface area contributed by atoms with Crippen molar-refractivity contribution >= 4 is 6.98 Å². The van der Waals surface area contributed by atoms with E-state index in [1.807, 2.05) is 6.92 Å². The molecular weight excluding hydrogens is 202 g/mol.